The molecule has 0 heterocycles. The predicted molar refractivity (Wildman–Crippen MR) is 126 cm³/mol. The van der Waals surface area contributed by atoms with Crippen LogP contribution in [0.2, 0.25) is 0 Å². The normalized spacial score (nSPS) is 11.9. The van der Waals surface area contributed by atoms with Gasteiger partial charge in [-0.25, -0.2) is 0 Å². The highest BCUT2D eigenvalue weighted by molar-refractivity contribution is 7.80. The number of benzene rings is 2. The fraction of sp³-hybridized carbons (Fsp3) is 0.300. The Morgan fingerprint density at radius 3 is 2.23 bits per heavy atom. The lowest BCUT2D eigenvalue weighted by Gasteiger charge is -2.27. The van der Waals surface area contributed by atoms with Gasteiger partial charge in [0.15, 0.2) is 11.7 Å². The Morgan fingerprint density at radius 1 is 1.03 bits per heavy atom. The lowest BCUT2D eigenvalue weighted by Crippen LogP contribution is -2.56. The van der Waals surface area contributed by atoms with Crippen molar-refractivity contribution in [2.24, 2.45) is 0 Å². The Kier molecular flexibility index (Phi) is 8.85. The number of aryl methyl sites for hydroxylation is 2. The van der Waals surface area contributed by atoms with Gasteiger partial charge < -0.3 is 25.4 Å². The Hall–Kier alpha value is -1.93. The number of hydrogen-bond donors (Lipinski definition) is 3. The molecule has 6 nitrogen and oxygen atoms in total. The van der Waals surface area contributed by atoms with Crippen LogP contribution in [0.5, 0.6) is 11.5 Å². The first kappa shape index (κ1) is 24.3. The zero-order valence-electron chi connectivity index (χ0n) is 16.6. The highest BCUT2D eigenvalue weighted by atomic mass is 35.6. The first-order chi connectivity index (χ1) is 14.1. The van der Waals surface area contributed by atoms with Crippen LogP contribution in [0.4, 0.5) is 5.69 Å². The van der Waals surface area contributed by atoms with E-state index in [1.807, 2.05) is 32.0 Å². The number of anilines is 1. The number of amides is 1. The molecule has 0 bridgehead atoms. The van der Waals surface area contributed by atoms with E-state index in [0.717, 1.165) is 16.8 Å². The fourth-order valence-electron chi connectivity index (χ4n) is 2.34. The highest BCUT2D eigenvalue weighted by Crippen LogP contribution is 2.29. The average Bonchev–Trinajstić information content (AvgIpc) is 2.68. The maximum atomic E-state index is 12.3. The lowest BCUT2D eigenvalue weighted by molar-refractivity contribution is -0.123. The molecule has 162 valence electrons. The van der Waals surface area contributed by atoms with Crippen LogP contribution >= 0.6 is 47.0 Å². The van der Waals surface area contributed by atoms with Crippen molar-refractivity contribution < 1.29 is 14.3 Å². The quantitative estimate of drug-likeness (QED) is 0.302. The van der Waals surface area contributed by atoms with Crippen LogP contribution in [0.1, 0.15) is 11.1 Å². The van der Waals surface area contributed by atoms with E-state index in [4.69, 9.17) is 56.5 Å². The summed E-state index contributed by atoms with van der Waals surface area (Å²) in [5, 5.41) is 8.56. The van der Waals surface area contributed by atoms with Crippen LogP contribution < -0.4 is 25.4 Å². The van der Waals surface area contributed by atoms with Crippen LogP contribution in [0, 0.1) is 13.8 Å². The van der Waals surface area contributed by atoms with Crippen molar-refractivity contribution in [2.75, 3.05) is 19.0 Å². The number of halogens is 3. The summed E-state index contributed by atoms with van der Waals surface area (Å²) in [6.45, 7) is 3.73. The molecule has 0 aliphatic carbocycles. The Morgan fingerprint density at radius 2 is 1.67 bits per heavy atom. The minimum Gasteiger partial charge on any atom is -0.497 e. The zero-order valence-corrected chi connectivity index (χ0v) is 19.7. The molecule has 2 aromatic rings. The maximum absolute atomic E-state index is 12.3. The highest BCUT2D eigenvalue weighted by Gasteiger charge is 2.34. The predicted octanol–water partition coefficient (Wildman–Crippen LogP) is 4.49. The Labute approximate surface area is 196 Å². The van der Waals surface area contributed by atoms with Crippen LogP contribution in [-0.2, 0) is 4.79 Å². The zero-order chi connectivity index (χ0) is 22.3. The molecule has 2 rings (SSSR count). The van der Waals surface area contributed by atoms with Crippen molar-refractivity contribution in [2.45, 2.75) is 23.8 Å². The molecular weight excluding hydrogens is 469 g/mol. The van der Waals surface area contributed by atoms with Crippen molar-refractivity contribution in [1.82, 2.24) is 10.6 Å². The number of carbonyl (C=O) groups is 1. The largest absolute Gasteiger partial charge is 0.497 e. The molecule has 0 saturated carbocycles. The van der Waals surface area contributed by atoms with Crippen molar-refractivity contribution >= 4 is 63.7 Å². The SMILES string of the molecule is COc1ccc(OCC(=O)NC(NC(=S)Nc2ccc(C)c(C)c2)C(Cl)(Cl)Cl)cc1. The molecule has 1 unspecified atom stereocenters. The number of rotatable bonds is 7. The third-order valence-electron chi connectivity index (χ3n) is 4.10. The molecule has 1 amide bonds. The van der Waals surface area contributed by atoms with Crippen molar-refractivity contribution in [3.8, 4) is 11.5 Å². The smallest absolute Gasteiger partial charge is 0.259 e. The second-order valence-electron chi connectivity index (χ2n) is 6.40. The number of ether oxygens (including phenoxy) is 2. The summed E-state index contributed by atoms with van der Waals surface area (Å²) >= 11 is 23.3. The van der Waals surface area contributed by atoms with E-state index in [-0.39, 0.29) is 11.7 Å². The van der Waals surface area contributed by atoms with Crippen LogP contribution in [0.25, 0.3) is 0 Å². The van der Waals surface area contributed by atoms with E-state index >= 15 is 0 Å². The molecule has 0 aliphatic heterocycles. The van der Waals surface area contributed by atoms with Crippen molar-refractivity contribution in [3.63, 3.8) is 0 Å². The van der Waals surface area contributed by atoms with Gasteiger partial charge in [0.1, 0.15) is 17.7 Å². The first-order valence-electron chi connectivity index (χ1n) is 8.86. The molecule has 1 atom stereocenters. The first-order valence-corrected chi connectivity index (χ1v) is 10.4. The summed E-state index contributed by atoms with van der Waals surface area (Å²) < 4.78 is 8.65. The van der Waals surface area contributed by atoms with Gasteiger partial charge in [-0.1, -0.05) is 40.9 Å². The molecular formula is C20H22Cl3N3O3S. The molecule has 0 spiro atoms. The molecule has 0 radical (unpaired) electrons. The molecule has 0 fully saturated rings. The number of alkyl halides is 3. The third kappa shape index (κ3) is 7.72. The summed E-state index contributed by atoms with van der Waals surface area (Å²) in [6.07, 6.45) is -1.08. The minimum atomic E-state index is -1.86. The van der Waals surface area contributed by atoms with Crippen molar-refractivity contribution in [1.29, 1.82) is 0 Å². The molecule has 0 aliphatic rings. The van der Waals surface area contributed by atoms with Gasteiger partial charge in [-0.05, 0) is 73.6 Å². The van der Waals surface area contributed by atoms with Crippen molar-refractivity contribution in [3.05, 3.63) is 53.6 Å². The second kappa shape index (κ2) is 10.9. The standard InChI is InChI=1S/C20H22Cl3N3O3S/c1-12-4-5-14(10-13(12)2)24-19(30)26-18(20(21,22)23)25-17(27)11-29-16-8-6-15(28-3)7-9-16/h4-10,18H,11H2,1-3H3,(H,25,27)(H2,24,26,30). The summed E-state index contributed by atoms with van der Waals surface area (Å²) in [7, 11) is 1.56. The number of carbonyl (C=O) groups excluding carboxylic acids is 1. The topological polar surface area (TPSA) is 71.6 Å². The van der Waals surface area contributed by atoms with Gasteiger partial charge in [0, 0.05) is 5.69 Å². The van der Waals surface area contributed by atoms with Gasteiger partial charge in [-0.2, -0.15) is 0 Å². The molecule has 2 aromatic carbocycles. The molecule has 0 saturated heterocycles. The van der Waals surface area contributed by atoms with E-state index in [1.54, 1.807) is 31.4 Å². The third-order valence-corrected chi connectivity index (χ3v) is 4.98. The van der Waals surface area contributed by atoms with Gasteiger partial charge in [0.25, 0.3) is 5.91 Å². The van der Waals surface area contributed by atoms with Gasteiger partial charge >= 0.3 is 0 Å². The number of hydrogen-bond acceptors (Lipinski definition) is 4. The molecule has 10 heteroatoms. The minimum absolute atomic E-state index is 0.186. The number of methoxy groups -OCH3 is 1. The maximum Gasteiger partial charge on any atom is 0.259 e. The molecule has 30 heavy (non-hydrogen) atoms. The summed E-state index contributed by atoms with van der Waals surface area (Å²) in [4.78, 5) is 12.3. The van der Waals surface area contributed by atoms with E-state index in [1.165, 1.54) is 0 Å². The van der Waals surface area contributed by atoms with E-state index in [9.17, 15) is 4.79 Å². The monoisotopic (exact) mass is 489 g/mol. The van der Waals surface area contributed by atoms with Crippen LogP contribution in [0.15, 0.2) is 42.5 Å². The van der Waals surface area contributed by atoms with E-state index < -0.39 is 15.9 Å². The van der Waals surface area contributed by atoms with Gasteiger partial charge in [0.05, 0.1) is 7.11 Å². The Balaban J connectivity index is 1.93. The Bertz CT molecular complexity index is 889. The lowest BCUT2D eigenvalue weighted by atomic mass is 10.1. The van der Waals surface area contributed by atoms with Crippen LogP contribution in [-0.4, -0.2) is 34.7 Å². The average molecular weight is 491 g/mol. The van der Waals surface area contributed by atoms with Crippen LogP contribution in [0.3, 0.4) is 0 Å². The van der Waals surface area contributed by atoms with Gasteiger partial charge in [-0.15, -0.1) is 0 Å². The number of thiocarbonyl (C=S) groups is 1. The second-order valence-corrected chi connectivity index (χ2v) is 9.18. The van der Waals surface area contributed by atoms with E-state index in [2.05, 4.69) is 16.0 Å². The molecule has 0 aromatic heterocycles. The summed E-state index contributed by atoms with van der Waals surface area (Å²) in [5.41, 5.74) is 3.03. The summed E-state index contributed by atoms with van der Waals surface area (Å²) in [6, 6.07) is 12.6. The van der Waals surface area contributed by atoms with E-state index in [0.29, 0.717) is 11.5 Å². The summed E-state index contributed by atoms with van der Waals surface area (Å²) in [5.74, 6) is 0.678. The van der Waals surface area contributed by atoms with Gasteiger partial charge in [-0.3, -0.25) is 4.79 Å². The molecule has 3 N–H and O–H groups in total. The van der Waals surface area contributed by atoms with Gasteiger partial charge in [0.2, 0.25) is 3.79 Å². The number of nitrogens with one attached hydrogen (secondary N) is 3. The fourth-order valence-corrected chi connectivity index (χ4v) is 2.90.